The van der Waals surface area contributed by atoms with E-state index in [-0.39, 0.29) is 25.1 Å². The Morgan fingerprint density at radius 2 is 1.91 bits per heavy atom. The fraction of sp³-hybridized carbons (Fsp3) is 0.607. The minimum atomic E-state index is -0.612. The first-order chi connectivity index (χ1) is 16.8. The van der Waals surface area contributed by atoms with Crippen LogP contribution in [0.3, 0.4) is 0 Å². The van der Waals surface area contributed by atoms with Gasteiger partial charge in [0.25, 0.3) is 0 Å². The van der Waals surface area contributed by atoms with E-state index in [4.69, 9.17) is 9.47 Å². The largest absolute Gasteiger partial charge is 0.491 e. The molecule has 1 aliphatic heterocycles. The van der Waals surface area contributed by atoms with Crippen molar-refractivity contribution in [2.45, 2.75) is 59.1 Å². The average molecular weight is 503 g/mol. The Balaban J connectivity index is 1.62. The number of ether oxygens (including phenoxy) is 2. The third kappa shape index (κ3) is 8.04. The van der Waals surface area contributed by atoms with Gasteiger partial charge in [-0.15, -0.1) is 11.3 Å². The first-order valence-corrected chi connectivity index (χ1v) is 13.7. The van der Waals surface area contributed by atoms with Crippen molar-refractivity contribution >= 4 is 17.2 Å². The molecule has 1 aromatic carbocycles. The molecule has 2 heterocycles. The molecule has 1 aliphatic rings. The van der Waals surface area contributed by atoms with E-state index in [0.717, 1.165) is 12.2 Å². The standard InChI is InChI=1S/C28H42N2O4S/c1-6-29(15-23(31)18-33-17-20(2)3)16-28(32)30-13-11-27-25(12-14-35-27)26(30)19-34-24-9-7-22(8-10-24)21(4)5/h7-10,12,14,20-21,23,26,31H,6,11,13,15-19H2,1-5H3/t23-,26-/m0/s1. The molecule has 0 saturated carbocycles. The highest BCUT2D eigenvalue weighted by atomic mass is 32.1. The number of rotatable bonds is 13. The molecule has 35 heavy (non-hydrogen) atoms. The average Bonchev–Trinajstić information content (AvgIpc) is 3.31. The van der Waals surface area contributed by atoms with Gasteiger partial charge in [0.2, 0.25) is 5.91 Å². The molecular formula is C28H42N2O4S. The number of hydrogen-bond acceptors (Lipinski definition) is 6. The van der Waals surface area contributed by atoms with Gasteiger partial charge < -0.3 is 19.5 Å². The van der Waals surface area contributed by atoms with E-state index >= 15 is 0 Å². The van der Waals surface area contributed by atoms with Crippen molar-refractivity contribution in [2.24, 2.45) is 5.92 Å². The summed E-state index contributed by atoms with van der Waals surface area (Å²) in [4.78, 5) is 18.7. The molecule has 3 rings (SSSR count). The Morgan fingerprint density at radius 1 is 1.17 bits per heavy atom. The molecular weight excluding hydrogens is 460 g/mol. The van der Waals surface area contributed by atoms with Gasteiger partial charge in [-0.3, -0.25) is 9.69 Å². The van der Waals surface area contributed by atoms with E-state index < -0.39 is 6.10 Å². The smallest absolute Gasteiger partial charge is 0.237 e. The highest BCUT2D eigenvalue weighted by Crippen LogP contribution is 2.34. The monoisotopic (exact) mass is 502 g/mol. The molecule has 1 amide bonds. The van der Waals surface area contributed by atoms with E-state index in [0.29, 0.717) is 44.7 Å². The first kappa shape index (κ1) is 27.7. The Kier molecular flexibility index (Phi) is 10.6. The summed E-state index contributed by atoms with van der Waals surface area (Å²) in [6.45, 7) is 13.9. The van der Waals surface area contributed by atoms with Gasteiger partial charge in [-0.05, 0) is 59.5 Å². The quantitative estimate of drug-likeness (QED) is 0.429. The molecule has 1 aromatic heterocycles. The summed E-state index contributed by atoms with van der Waals surface area (Å²) in [5.74, 6) is 1.80. The first-order valence-electron chi connectivity index (χ1n) is 12.8. The van der Waals surface area contributed by atoms with Crippen LogP contribution in [0.1, 0.15) is 62.6 Å². The molecule has 0 fully saturated rings. The van der Waals surface area contributed by atoms with Gasteiger partial charge in [-0.1, -0.05) is 46.8 Å². The Labute approximate surface area is 214 Å². The van der Waals surface area contributed by atoms with Gasteiger partial charge in [0.1, 0.15) is 12.4 Å². The molecule has 2 aromatic rings. The second-order valence-corrected chi connectivity index (χ2v) is 11.1. The molecule has 0 spiro atoms. The number of carbonyl (C=O) groups is 1. The number of hydrogen-bond donors (Lipinski definition) is 1. The summed E-state index contributed by atoms with van der Waals surface area (Å²) in [7, 11) is 0. The summed E-state index contributed by atoms with van der Waals surface area (Å²) in [5.41, 5.74) is 2.47. The number of nitrogens with zero attached hydrogens (tertiary/aromatic N) is 2. The van der Waals surface area contributed by atoms with Crippen LogP contribution in [0.15, 0.2) is 35.7 Å². The van der Waals surface area contributed by atoms with Crippen molar-refractivity contribution in [1.29, 1.82) is 0 Å². The van der Waals surface area contributed by atoms with Crippen LogP contribution in [0.2, 0.25) is 0 Å². The van der Waals surface area contributed by atoms with Crippen molar-refractivity contribution in [3.63, 3.8) is 0 Å². The van der Waals surface area contributed by atoms with Gasteiger partial charge in [0.05, 0.1) is 25.3 Å². The van der Waals surface area contributed by atoms with E-state index in [1.165, 1.54) is 16.0 Å². The van der Waals surface area contributed by atoms with Crippen molar-refractivity contribution in [3.8, 4) is 5.75 Å². The fourth-order valence-electron chi connectivity index (χ4n) is 4.38. The lowest BCUT2D eigenvalue weighted by Crippen LogP contribution is -2.48. The highest BCUT2D eigenvalue weighted by molar-refractivity contribution is 7.10. The molecule has 2 atom stereocenters. The zero-order valence-corrected chi connectivity index (χ0v) is 22.7. The summed E-state index contributed by atoms with van der Waals surface area (Å²) in [6, 6.07) is 10.3. The van der Waals surface area contributed by atoms with Crippen LogP contribution in [0.4, 0.5) is 0 Å². The second-order valence-electron chi connectivity index (χ2n) is 10.1. The van der Waals surface area contributed by atoms with Crippen molar-refractivity contribution in [1.82, 2.24) is 9.80 Å². The van der Waals surface area contributed by atoms with Crippen LogP contribution in [0.25, 0.3) is 0 Å². The fourth-order valence-corrected chi connectivity index (χ4v) is 5.31. The molecule has 0 aliphatic carbocycles. The number of thiophene rings is 1. The predicted molar refractivity (Wildman–Crippen MR) is 142 cm³/mol. The van der Waals surface area contributed by atoms with E-state index in [1.54, 1.807) is 11.3 Å². The number of aliphatic hydroxyl groups excluding tert-OH is 1. The maximum Gasteiger partial charge on any atom is 0.237 e. The Hall–Kier alpha value is -1.93. The predicted octanol–water partition coefficient (Wildman–Crippen LogP) is 4.73. The number of likely N-dealkylation sites (N-methyl/N-ethyl adjacent to an activating group) is 1. The van der Waals surface area contributed by atoms with E-state index in [1.807, 2.05) is 28.9 Å². The summed E-state index contributed by atoms with van der Waals surface area (Å²) < 4.78 is 11.8. The number of benzene rings is 1. The minimum Gasteiger partial charge on any atom is -0.491 e. The van der Waals surface area contributed by atoms with Crippen molar-refractivity contribution in [2.75, 3.05) is 46.0 Å². The van der Waals surface area contributed by atoms with E-state index in [9.17, 15) is 9.90 Å². The Bertz CT molecular complexity index is 912. The maximum atomic E-state index is 13.4. The lowest BCUT2D eigenvalue weighted by molar-refractivity contribution is -0.136. The summed E-state index contributed by atoms with van der Waals surface area (Å²) in [5, 5.41) is 12.5. The zero-order valence-electron chi connectivity index (χ0n) is 21.9. The van der Waals surface area contributed by atoms with Crippen LogP contribution in [0.5, 0.6) is 5.75 Å². The van der Waals surface area contributed by atoms with Crippen LogP contribution < -0.4 is 4.74 Å². The van der Waals surface area contributed by atoms with Gasteiger partial charge in [-0.25, -0.2) is 0 Å². The van der Waals surface area contributed by atoms with Crippen molar-refractivity contribution in [3.05, 3.63) is 51.7 Å². The molecule has 7 heteroatoms. The maximum absolute atomic E-state index is 13.4. The summed E-state index contributed by atoms with van der Waals surface area (Å²) >= 11 is 1.76. The van der Waals surface area contributed by atoms with Gasteiger partial charge in [0.15, 0.2) is 0 Å². The van der Waals surface area contributed by atoms with Crippen molar-refractivity contribution < 1.29 is 19.4 Å². The zero-order chi connectivity index (χ0) is 25.4. The van der Waals surface area contributed by atoms with Crippen LogP contribution >= 0.6 is 11.3 Å². The molecule has 6 nitrogen and oxygen atoms in total. The van der Waals surface area contributed by atoms with Crippen LogP contribution in [0, 0.1) is 5.92 Å². The number of amides is 1. The Morgan fingerprint density at radius 3 is 2.57 bits per heavy atom. The molecule has 1 N–H and O–H groups in total. The molecule has 0 saturated heterocycles. The highest BCUT2D eigenvalue weighted by Gasteiger charge is 2.33. The van der Waals surface area contributed by atoms with Gasteiger partial charge in [0, 0.05) is 24.6 Å². The molecule has 0 bridgehead atoms. The van der Waals surface area contributed by atoms with Gasteiger partial charge in [-0.2, -0.15) is 0 Å². The van der Waals surface area contributed by atoms with E-state index in [2.05, 4.69) is 51.3 Å². The lowest BCUT2D eigenvalue weighted by atomic mass is 10.00. The number of fused-ring (bicyclic) bond motifs is 1. The molecule has 194 valence electrons. The second kappa shape index (κ2) is 13.4. The third-order valence-corrected chi connectivity index (χ3v) is 7.40. The van der Waals surface area contributed by atoms with Gasteiger partial charge >= 0.3 is 0 Å². The van der Waals surface area contributed by atoms with Crippen LogP contribution in [-0.2, 0) is 16.0 Å². The topological polar surface area (TPSA) is 62.2 Å². The third-order valence-electron chi connectivity index (χ3n) is 6.41. The number of aliphatic hydroxyl groups is 1. The molecule has 0 radical (unpaired) electrons. The SMILES string of the molecule is CCN(CC(=O)N1CCc2sccc2[C@@H]1COc1ccc(C(C)C)cc1)C[C@H](O)COCC(C)C. The lowest BCUT2D eigenvalue weighted by Gasteiger charge is -2.37. The molecule has 0 unspecified atom stereocenters. The van der Waals surface area contributed by atoms with Crippen LogP contribution in [-0.4, -0.2) is 72.9 Å². The normalized spacial score (nSPS) is 16.7. The summed E-state index contributed by atoms with van der Waals surface area (Å²) in [6.07, 6.45) is 0.259. The minimum absolute atomic E-state index is 0.0720. The number of carbonyl (C=O) groups excluding carboxylic acids is 1.